The molecular weight excluding hydrogens is 214 g/mol. The maximum Gasteiger partial charge on any atom is 0.101 e. The zero-order valence-electron chi connectivity index (χ0n) is 9.76. The van der Waals surface area contributed by atoms with Crippen molar-refractivity contribution < 1.29 is 5.11 Å². The first kappa shape index (κ1) is 11.9. The summed E-state index contributed by atoms with van der Waals surface area (Å²) in [6.45, 7) is 2.06. The van der Waals surface area contributed by atoms with Gasteiger partial charge < -0.3 is 15.7 Å². The van der Waals surface area contributed by atoms with Gasteiger partial charge in [-0.15, -0.1) is 0 Å². The molecule has 1 aliphatic rings. The lowest BCUT2D eigenvalue weighted by molar-refractivity contribution is 0.145. The number of benzene rings is 1. The van der Waals surface area contributed by atoms with Gasteiger partial charge in [-0.2, -0.15) is 5.26 Å². The zero-order chi connectivity index (χ0) is 12.3. The number of nitrogens with two attached hydrogens (primary N) is 1. The largest absolute Gasteiger partial charge is 0.393 e. The number of rotatable bonds is 2. The Morgan fingerprint density at radius 2 is 2.12 bits per heavy atom. The summed E-state index contributed by atoms with van der Waals surface area (Å²) in [7, 11) is 0. The number of hydrogen-bond acceptors (Lipinski definition) is 4. The molecule has 1 saturated heterocycles. The van der Waals surface area contributed by atoms with Crippen molar-refractivity contribution in [1.29, 1.82) is 5.26 Å². The van der Waals surface area contributed by atoms with Crippen LogP contribution in [0.4, 0.5) is 5.69 Å². The number of nitriles is 1. The SMILES string of the molecule is N#Cc1cc(CN)ccc1N1CCC(O)CC1. The predicted octanol–water partition coefficient (Wildman–Crippen LogP) is 0.978. The molecule has 3 N–H and O–H groups in total. The molecule has 0 unspecified atom stereocenters. The van der Waals surface area contributed by atoms with Crippen molar-refractivity contribution in [3.8, 4) is 6.07 Å². The van der Waals surface area contributed by atoms with E-state index < -0.39 is 0 Å². The molecule has 90 valence electrons. The van der Waals surface area contributed by atoms with E-state index in [9.17, 15) is 5.11 Å². The number of piperidine rings is 1. The molecule has 0 spiro atoms. The highest BCUT2D eigenvalue weighted by Gasteiger charge is 2.19. The van der Waals surface area contributed by atoms with Gasteiger partial charge in [-0.1, -0.05) is 6.07 Å². The molecule has 1 fully saturated rings. The average molecular weight is 231 g/mol. The second-order valence-corrected chi connectivity index (χ2v) is 4.39. The first-order chi connectivity index (χ1) is 8.24. The number of anilines is 1. The maximum absolute atomic E-state index is 9.47. The topological polar surface area (TPSA) is 73.3 Å². The lowest BCUT2D eigenvalue weighted by atomic mass is 10.0. The Balaban J connectivity index is 2.23. The summed E-state index contributed by atoms with van der Waals surface area (Å²) in [5.41, 5.74) is 8.16. The van der Waals surface area contributed by atoms with Gasteiger partial charge >= 0.3 is 0 Å². The number of nitrogens with zero attached hydrogens (tertiary/aromatic N) is 2. The third kappa shape index (κ3) is 2.57. The van der Waals surface area contributed by atoms with Gasteiger partial charge in [-0.05, 0) is 30.5 Å². The maximum atomic E-state index is 9.47. The zero-order valence-corrected chi connectivity index (χ0v) is 9.76. The molecule has 2 rings (SSSR count). The van der Waals surface area contributed by atoms with Crippen molar-refractivity contribution in [2.45, 2.75) is 25.5 Å². The van der Waals surface area contributed by atoms with Gasteiger partial charge in [0.1, 0.15) is 6.07 Å². The van der Waals surface area contributed by atoms with Crippen LogP contribution in [0.25, 0.3) is 0 Å². The molecule has 0 aromatic heterocycles. The molecule has 1 heterocycles. The van der Waals surface area contributed by atoms with Crippen molar-refractivity contribution in [3.05, 3.63) is 29.3 Å². The van der Waals surface area contributed by atoms with Gasteiger partial charge in [0.15, 0.2) is 0 Å². The van der Waals surface area contributed by atoms with Gasteiger partial charge in [0.2, 0.25) is 0 Å². The van der Waals surface area contributed by atoms with Crippen LogP contribution in [-0.4, -0.2) is 24.3 Å². The van der Waals surface area contributed by atoms with Gasteiger partial charge in [0, 0.05) is 19.6 Å². The number of aliphatic hydroxyl groups excluding tert-OH is 1. The summed E-state index contributed by atoms with van der Waals surface area (Å²) in [6, 6.07) is 7.98. The van der Waals surface area contributed by atoms with Crippen LogP contribution in [0.15, 0.2) is 18.2 Å². The number of aliphatic hydroxyl groups is 1. The predicted molar refractivity (Wildman–Crippen MR) is 66.5 cm³/mol. The molecule has 17 heavy (non-hydrogen) atoms. The molecule has 0 bridgehead atoms. The molecule has 4 nitrogen and oxygen atoms in total. The van der Waals surface area contributed by atoms with Crippen LogP contribution >= 0.6 is 0 Å². The van der Waals surface area contributed by atoms with E-state index in [1.165, 1.54) is 0 Å². The van der Waals surface area contributed by atoms with Gasteiger partial charge in [0.25, 0.3) is 0 Å². The molecule has 4 heteroatoms. The van der Waals surface area contributed by atoms with Crippen molar-refractivity contribution in [2.75, 3.05) is 18.0 Å². The minimum absolute atomic E-state index is 0.194. The smallest absolute Gasteiger partial charge is 0.101 e. The highest BCUT2D eigenvalue weighted by atomic mass is 16.3. The Bertz CT molecular complexity index is 431. The molecule has 0 radical (unpaired) electrons. The first-order valence-corrected chi connectivity index (χ1v) is 5.90. The van der Waals surface area contributed by atoms with Crippen LogP contribution in [0.2, 0.25) is 0 Å². The third-order valence-corrected chi connectivity index (χ3v) is 3.22. The molecule has 1 aromatic carbocycles. The van der Waals surface area contributed by atoms with E-state index in [-0.39, 0.29) is 6.10 Å². The fraction of sp³-hybridized carbons (Fsp3) is 0.462. The van der Waals surface area contributed by atoms with Gasteiger partial charge in [0.05, 0.1) is 17.4 Å². The van der Waals surface area contributed by atoms with E-state index in [2.05, 4.69) is 11.0 Å². The van der Waals surface area contributed by atoms with Crippen molar-refractivity contribution in [1.82, 2.24) is 0 Å². The fourth-order valence-corrected chi connectivity index (χ4v) is 2.18. The van der Waals surface area contributed by atoms with Crippen LogP contribution in [0.5, 0.6) is 0 Å². The fourth-order valence-electron chi connectivity index (χ4n) is 2.18. The van der Waals surface area contributed by atoms with E-state index in [1.54, 1.807) is 0 Å². The molecule has 0 aliphatic carbocycles. The minimum Gasteiger partial charge on any atom is -0.393 e. The summed E-state index contributed by atoms with van der Waals surface area (Å²) < 4.78 is 0. The summed E-state index contributed by atoms with van der Waals surface area (Å²) >= 11 is 0. The average Bonchev–Trinajstić information content (AvgIpc) is 2.39. The Morgan fingerprint density at radius 1 is 1.41 bits per heavy atom. The second-order valence-electron chi connectivity index (χ2n) is 4.39. The highest BCUT2D eigenvalue weighted by molar-refractivity contribution is 5.60. The Morgan fingerprint density at radius 3 is 2.71 bits per heavy atom. The van der Waals surface area contributed by atoms with E-state index in [0.29, 0.717) is 12.1 Å². The summed E-state index contributed by atoms with van der Waals surface area (Å²) in [4.78, 5) is 2.16. The van der Waals surface area contributed by atoms with Gasteiger partial charge in [-0.25, -0.2) is 0 Å². The first-order valence-electron chi connectivity index (χ1n) is 5.90. The molecular formula is C13H17N3O. The Hall–Kier alpha value is -1.57. The van der Waals surface area contributed by atoms with E-state index in [0.717, 1.165) is 37.2 Å². The summed E-state index contributed by atoms with van der Waals surface area (Å²) in [5.74, 6) is 0. The normalized spacial score (nSPS) is 16.9. The van der Waals surface area contributed by atoms with Crippen molar-refractivity contribution >= 4 is 5.69 Å². The summed E-state index contributed by atoms with van der Waals surface area (Å²) in [5, 5.41) is 18.6. The lowest BCUT2D eigenvalue weighted by Gasteiger charge is -2.32. The van der Waals surface area contributed by atoms with Crippen LogP contribution in [0.3, 0.4) is 0 Å². The third-order valence-electron chi connectivity index (χ3n) is 3.22. The van der Waals surface area contributed by atoms with Crippen molar-refractivity contribution in [2.24, 2.45) is 5.73 Å². The molecule has 1 aliphatic heterocycles. The molecule has 0 saturated carbocycles. The minimum atomic E-state index is -0.194. The van der Waals surface area contributed by atoms with Crippen LogP contribution in [0.1, 0.15) is 24.0 Å². The monoisotopic (exact) mass is 231 g/mol. The molecule has 0 amide bonds. The number of hydrogen-bond donors (Lipinski definition) is 2. The van der Waals surface area contributed by atoms with Crippen molar-refractivity contribution in [3.63, 3.8) is 0 Å². The van der Waals surface area contributed by atoms with E-state index in [4.69, 9.17) is 11.0 Å². The lowest BCUT2D eigenvalue weighted by Crippen LogP contribution is -2.36. The van der Waals surface area contributed by atoms with Gasteiger partial charge in [-0.3, -0.25) is 0 Å². The molecule has 1 aromatic rings. The Kier molecular flexibility index (Phi) is 3.62. The van der Waals surface area contributed by atoms with Crippen LogP contribution in [-0.2, 0) is 6.54 Å². The standard InChI is InChI=1S/C13H17N3O/c14-8-10-1-2-13(11(7-10)9-15)16-5-3-12(17)4-6-16/h1-2,7,12,17H,3-6,8,14H2. The second kappa shape index (κ2) is 5.17. The summed E-state index contributed by atoms with van der Waals surface area (Å²) in [6.07, 6.45) is 1.34. The Labute approximate surface area is 101 Å². The van der Waals surface area contributed by atoms with Crippen LogP contribution in [0, 0.1) is 11.3 Å². The highest BCUT2D eigenvalue weighted by Crippen LogP contribution is 2.24. The quantitative estimate of drug-likeness (QED) is 0.795. The van der Waals surface area contributed by atoms with E-state index >= 15 is 0 Å². The van der Waals surface area contributed by atoms with E-state index in [1.807, 2.05) is 18.2 Å². The van der Waals surface area contributed by atoms with Crippen LogP contribution < -0.4 is 10.6 Å². The molecule has 0 atom stereocenters.